The van der Waals surface area contributed by atoms with Crippen LogP contribution in [0.4, 0.5) is 0 Å². The van der Waals surface area contributed by atoms with E-state index in [0.29, 0.717) is 12.2 Å². The van der Waals surface area contributed by atoms with Crippen LogP contribution in [0, 0.1) is 0 Å². The fourth-order valence-electron chi connectivity index (χ4n) is 3.89. The molecule has 2 heterocycles. The van der Waals surface area contributed by atoms with Crippen molar-refractivity contribution in [3.63, 3.8) is 0 Å². The van der Waals surface area contributed by atoms with E-state index >= 15 is 0 Å². The highest BCUT2D eigenvalue weighted by molar-refractivity contribution is 5.72. The first kappa shape index (κ1) is 16.9. The minimum Gasteiger partial charge on any atom is -0.494 e. The van der Waals surface area contributed by atoms with E-state index in [9.17, 15) is 4.79 Å². The summed E-state index contributed by atoms with van der Waals surface area (Å²) in [4.78, 5) is 14.8. The van der Waals surface area contributed by atoms with Crippen molar-refractivity contribution < 1.29 is 9.15 Å². The van der Waals surface area contributed by atoms with Gasteiger partial charge in [0, 0.05) is 18.7 Å². The zero-order valence-corrected chi connectivity index (χ0v) is 15.1. The van der Waals surface area contributed by atoms with Crippen molar-refractivity contribution >= 4 is 11.1 Å². The SMILES string of the molecule is CCOc1ccccc1CN1CCCC(n2c(=O)oc3ccccc32)C1. The molecule has 4 rings (SSSR count). The van der Waals surface area contributed by atoms with Crippen molar-refractivity contribution in [2.45, 2.75) is 32.4 Å². The van der Waals surface area contributed by atoms with Gasteiger partial charge >= 0.3 is 5.76 Å². The molecule has 136 valence electrons. The first-order valence-electron chi connectivity index (χ1n) is 9.29. The molecule has 1 fully saturated rings. The number of aromatic nitrogens is 1. The topological polar surface area (TPSA) is 47.6 Å². The van der Waals surface area contributed by atoms with Gasteiger partial charge in [-0.25, -0.2) is 4.79 Å². The predicted molar refractivity (Wildman–Crippen MR) is 102 cm³/mol. The van der Waals surface area contributed by atoms with Gasteiger partial charge in [-0.3, -0.25) is 9.47 Å². The van der Waals surface area contributed by atoms with E-state index in [1.165, 1.54) is 5.56 Å². The second-order valence-corrected chi connectivity index (χ2v) is 6.78. The number of rotatable bonds is 5. The zero-order chi connectivity index (χ0) is 17.9. The molecule has 26 heavy (non-hydrogen) atoms. The molecule has 0 bridgehead atoms. The lowest BCUT2D eigenvalue weighted by Crippen LogP contribution is -2.38. The van der Waals surface area contributed by atoms with E-state index < -0.39 is 0 Å². The molecule has 0 aliphatic carbocycles. The first-order chi connectivity index (χ1) is 12.8. The van der Waals surface area contributed by atoms with Crippen LogP contribution in [-0.4, -0.2) is 29.2 Å². The monoisotopic (exact) mass is 352 g/mol. The van der Waals surface area contributed by atoms with Crippen molar-refractivity contribution in [2.75, 3.05) is 19.7 Å². The molecule has 1 unspecified atom stereocenters. The molecule has 0 amide bonds. The Morgan fingerprint density at radius 1 is 1.15 bits per heavy atom. The van der Waals surface area contributed by atoms with Gasteiger partial charge in [-0.1, -0.05) is 30.3 Å². The Morgan fingerprint density at radius 3 is 2.85 bits per heavy atom. The van der Waals surface area contributed by atoms with Gasteiger partial charge in [0.2, 0.25) is 0 Å². The number of piperidine rings is 1. The molecule has 5 nitrogen and oxygen atoms in total. The van der Waals surface area contributed by atoms with E-state index in [1.807, 2.05) is 54.0 Å². The van der Waals surface area contributed by atoms with Gasteiger partial charge in [0.15, 0.2) is 5.58 Å². The molecule has 0 spiro atoms. The second kappa shape index (κ2) is 7.38. The Balaban J connectivity index is 1.56. The molecule has 2 aromatic carbocycles. The molecule has 0 saturated carbocycles. The van der Waals surface area contributed by atoms with Gasteiger partial charge < -0.3 is 9.15 Å². The number of likely N-dealkylation sites (tertiary alicyclic amines) is 1. The molecule has 1 aliphatic rings. The zero-order valence-electron chi connectivity index (χ0n) is 15.1. The fraction of sp³-hybridized carbons (Fsp3) is 0.381. The smallest absolute Gasteiger partial charge is 0.420 e. The van der Waals surface area contributed by atoms with Gasteiger partial charge in [0.1, 0.15) is 5.75 Å². The molecule has 1 aliphatic heterocycles. The lowest BCUT2D eigenvalue weighted by atomic mass is 10.0. The van der Waals surface area contributed by atoms with Crippen LogP contribution < -0.4 is 10.5 Å². The van der Waals surface area contributed by atoms with Crippen molar-refractivity contribution in [2.24, 2.45) is 0 Å². The number of hydrogen-bond acceptors (Lipinski definition) is 4. The second-order valence-electron chi connectivity index (χ2n) is 6.78. The Hall–Kier alpha value is -2.53. The third-order valence-corrected chi connectivity index (χ3v) is 5.03. The van der Waals surface area contributed by atoms with Crippen LogP contribution in [0.3, 0.4) is 0 Å². The highest BCUT2D eigenvalue weighted by Crippen LogP contribution is 2.27. The number of fused-ring (bicyclic) bond motifs is 1. The van der Waals surface area contributed by atoms with Crippen LogP contribution in [0.1, 0.15) is 31.4 Å². The third-order valence-electron chi connectivity index (χ3n) is 5.03. The molecular formula is C21H24N2O3. The van der Waals surface area contributed by atoms with Crippen LogP contribution in [0.2, 0.25) is 0 Å². The summed E-state index contributed by atoms with van der Waals surface area (Å²) in [6.45, 7) is 5.36. The molecule has 1 aromatic heterocycles. The van der Waals surface area contributed by atoms with Crippen molar-refractivity contribution in [1.82, 2.24) is 9.47 Å². The number of hydrogen-bond donors (Lipinski definition) is 0. The maximum absolute atomic E-state index is 12.4. The van der Waals surface area contributed by atoms with Gasteiger partial charge in [-0.05, 0) is 44.5 Å². The van der Waals surface area contributed by atoms with Crippen LogP contribution in [0.5, 0.6) is 5.75 Å². The molecular weight excluding hydrogens is 328 g/mol. The first-order valence-corrected chi connectivity index (χ1v) is 9.29. The van der Waals surface area contributed by atoms with Crippen LogP contribution in [0.25, 0.3) is 11.1 Å². The van der Waals surface area contributed by atoms with E-state index in [2.05, 4.69) is 11.0 Å². The lowest BCUT2D eigenvalue weighted by Gasteiger charge is -2.33. The molecule has 5 heteroatoms. The van der Waals surface area contributed by atoms with Gasteiger partial charge in [0.25, 0.3) is 0 Å². The number of oxazole rings is 1. The molecule has 3 aromatic rings. The van der Waals surface area contributed by atoms with Gasteiger partial charge in [-0.2, -0.15) is 0 Å². The van der Waals surface area contributed by atoms with E-state index in [-0.39, 0.29) is 11.8 Å². The lowest BCUT2D eigenvalue weighted by molar-refractivity contribution is 0.166. The summed E-state index contributed by atoms with van der Waals surface area (Å²) in [7, 11) is 0. The Kier molecular flexibility index (Phi) is 4.80. The summed E-state index contributed by atoms with van der Waals surface area (Å²) in [5.41, 5.74) is 2.75. The number of nitrogens with zero attached hydrogens (tertiary/aromatic N) is 2. The minimum absolute atomic E-state index is 0.138. The molecule has 1 atom stereocenters. The number of para-hydroxylation sites is 3. The van der Waals surface area contributed by atoms with Crippen LogP contribution >= 0.6 is 0 Å². The molecule has 1 saturated heterocycles. The maximum Gasteiger partial charge on any atom is 0.420 e. The van der Waals surface area contributed by atoms with E-state index in [0.717, 1.165) is 43.7 Å². The summed E-state index contributed by atoms with van der Waals surface area (Å²) in [5, 5.41) is 0. The number of ether oxygens (including phenoxy) is 1. The maximum atomic E-state index is 12.4. The average molecular weight is 352 g/mol. The Bertz CT molecular complexity index is 944. The molecule has 0 radical (unpaired) electrons. The Labute approximate surface area is 152 Å². The quantitative estimate of drug-likeness (QED) is 0.700. The summed E-state index contributed by atoms with van der Waals surface area (Å²) in [6, 6.07) is 16.0. The van der Waals surface area contributed by atoms with Crippen molar-refractivity contribution in [3.8, 4) is 5.75 Å². The summed E-state index contributed by atoms with van der Waals surface area (Å²) in [5.74, 6) is 0.691. The van der Waals surface area contributed by atoms with Crippen molar-refractivity contribution in [1.29, 1.82) is 0 Å². The normalized spacial score (nSPS) is 18.3. The predicted octanol–water partition coefficient (Wildman–Crippen LogP) is 3.83. The summed E-state index contributed by atoms with van der Waals surface area (Å²) >= 11 is 0. The summed E-state index contributed by atoms with van der Waals surface area (Å²) in [6.07, 6.45) is 2.06. The van der Waals surface area contributed by atoms with Gasteiger partial charge in [0.05, 0.1) is 18.2 Å². The largest absolute Gasteiger partial charge is 0.494 e. The Morgan fingerprint density at radius 2 is 1.96 bits per heavy atom. The minimum atomic E-state index is -0.257. The van der Waals surface area contributed by atoms with E-state index in [1.54, 1.807) is 0 Å². The van der Waals surface area contributed by atoms with E-state index in [4.69, 9.17) is 9.15 Å². The highest BCUT2D eigenvalue weighted by atomic mass is 16.5. The fourth-order valence-corrected chi connectivity index (χ4v) is 3.89. The van der Waals surface area contributed by atoms with Crippen molar-refractivity contribution in [3.05, 3.63) is 64.6 Å². The third kappa shape index (κ3) is 3.27. The number of benzene rings is 2. The summed E-state index contributed by atoms with van der Waals surface area (Å²) < 4.78 is 13.0. The standard InChI is InChI=1S/C21H24N2O3/c1-2-25-19-11-5-3-8-16(19)14-22-13-7-9-17(15-22)23-18-10-4-6-12-20(18)26-21(23)24/h3-6,8,10-12,17H,2,7,9,13-15H2,1H3. The van der Waals surface area contributed by atoms with Gasteiger partial charge in [-0.15, -0.1) is 0 Å². The average Bonchev–Trinajstić information content (AvgIpc) is 2.99. The van der Waals surface area contributed by atoms with Crippen LogP contribution in [0.15, 0.2) is 57.7 Å². The molecule has 0 N–H and O–H groups in total. The highest BCUT2D eigenvalue weighted by Gasteiger charge is 2.25. The van der Waals surface area contributed by atoms with Crippen LogP contribution in [-0.2, 0) is 6.54 Å².